The van der Waals surface area contributed by atoms with E-state index in [4.69, 9.17) is 19.1 Å². The maximum Gasteiger partial charge on any atom is 0.159 e. The van der Waals surface area contributed by atoms with Crippen molar-refractivity contribution in [3.05, 3.63) is 227 Å². The van der Waals surface area contributed by atoms with Gasteiger partial charge in [-0.25, -0.2) is 9.98 Å². The highest BCUT2D eigenvalue weighted by atomic mass is 16.5. The van der Waals surface area contributed by atoms with Crippen molar-refractivity contribution in [2.45, 2.75) is 11.6 Å². The molecule has 3 aliphatic rings. The van der Waals surface area contributed by atoms with Gasteiger partial charge in [-0.3, -0.25) is 0 Å². The SMILES string of the molecule is CN1C(c2cccc(-c3ccc4c(c3)C3(c5ccccc5O4)c4ccccc4-c4ccccc43)c2)=NC(c2ccc3c(c2)oc2ccccc23)=NC1c1ccccc1. The van der Waals surface area contributed by atoms with Crippen LogP contribution in [-0.4, -0.2) is 23.6 Å². The minimum absolute atomic E-state index is 0.276. The van der Waals surface area contributed by atoms with Crippen LogP contribution in [0.4, 0.5) is 0 Å². The molecular formula is C53H35N3O2. The van der Waals surface area contributed by atoms with E-state index in [-0.39, 0.29) is 6.17 Å². The fourth-order valence-electron chi connectivity index (χ4n) is 9.60. The molecule has 0 bridgehead atoms. The molecular weight excluding hydrogens is 711 g/mol. The second-order valence-corrected chi connectivity index (χ2v) is 15.3. The zero-order chi connectivity index (χ0) is 38.4. The third kappa shape index (κ3) is 4.71. The summed E-state index contributed by atoms with van der Waals surface area (Å²) in [7, 11) is 2.08. The summed E-state index contributed by atoms with van der Waals surface area (Å²) in [5.74, 6) is 3.27. The van der Waals surface area contributed by atoms with Crippen LogP contribution in [0, 0.1) is 0 Å². The molecule has 0 saturated heterocycles. The summed E-state index contributed by atoms with van der Waals surface area (Å²) in [6, 6.07) is 66.5. The van der Waals surface area contributed by atoms with E-state index in [0.29, 0.717) is 5.84 Å². The average molecular weight is 746 g/mol. The maximum absolute atomic E-state index is 6.72. The van der Waals surface area contributed by atoms with Crippen LogP contribution in [0.15, 0.2) is 202 Å². The second kappa shape index (κ2) is 12.5. The Balaban J connectivity index is 1.00. The molecule has 1 aromatic heterocycles. The quantitative estimate of drug-likeness (QED) is 0.180. The first-order chi connectivity index (χ1) is 28.6. The van der Waals surface area contributed by atoms with Crippen molar-refractivity contribution in [3.63, 3.8) is 0 Å². The normalized spacial score (nSPS) is 15.9. The Morgan fingerprint density at radius 2 is 1.12 bits per heavy atom. The Morgan fingerprint density at radius 3 is 1.95 bits per heavy atom. The molecule has 8 aromatic carbocycles. The molecule has 9 aromatic rings. The number of hydrogen-bond donors (Lipinski definition) is 0. The highest BCUT2D eigenvalue weighted by Crippen LogP contribution is 2.62. The number of amidine groups is 2. The van der Waals surface area contributed by atoms with Gasteiger partial charge in [-0.05, 0) is 81.4 Å². The Hall–Kier alpha value is -7.50. The van der Waals surface area contributed by atoms with Crippen LogP contribution in [0.1, 0.15) is 45.1 Å². The van der Waals surface area contributed by atoms with E-state index in [1.807, 2.05) is 24.3 Å². The summed E-state index contributed by atoms with van der Waals surface area (Å²) in [4.78, 5) is 12.7. The van der Waals surface area contributed by atoms with Crippen LogP contribution >= 0.6 is 0 Å². The minimum Gasteiger partial charge on any atom is -0.457 e. The Morgan fingerprint density at radius 1 is 0.483 bits per heavy atom. The number of benzene rings is 8. The van der Waals surface area contributed by atoms with Gasteiger partial charge in [0, 0.05) is 40.1 Å². The van der Waals surface area contributed by atoms with Crippen LogP contribution in [0.5, 0.6) is 11.5 Å². The summed E-state index contributed by atoms with van der Waals surface area (Å²) in [5.41, 5.74) is 13.7. The van der Waals surface area contributed by atoms with Gasteiger partial charge in [0.15, 0.2) is 5.84 Å². The first kappa shape index (κ1) is 32.7. The molecule has 0 radical (unpaired) electrons. The van der Waals surface area contributed by atoms with Gasteiger partial charge in [-0.15, -0.1) is 0 Å². The lowest BCUT2D eigenvalue weighted by Gasteiger charge is -2.39. The van der Waals surface area contributed by atoms with Crippen molar-refractivity contribution in [2.24, 2.45) is 9.98 Å². The van der Waals surface area contributed by atoms with E-state index in [9.17, 15) is 0 Å². The highest BCUT2D eigenvalue weighted by molar-refractivity contribution is 6.15. The van der Waals surface area contributed by atoms with Crippen LogP contribution in [0.2, 0.25) is 0 Å². The Bertz CT molecular complexity index is 3150. The second-order valence-electron chi connectivity index (χ2n) is 15.3. The van der Waals surface area contributed by atoms with Gasteiger partial charge in [-0.2, -0.15) is 0 Å². The largest absolute Gasteiger partial charge is 0.457 e. The first-order valence-corrected chi connectivity index (χ1v) is 19.7. The van der Waals surface area contributed by atoms with E-state index < -0.39 is 5.41 Å². The number of para-hydroxylation sites is 2. The lowest BCUT2D eigenvalue weighted by Crippen LogP contribution is -2.35. The Kier molecular flexibility index (Phi) is 7.05. The number of fused-ring (bicyclic) bond motifs is 12. The van der Waals surface area contributed by atoms with Gasteiger partial charge in [-0.1, -0.05) is 146 Å². The van der Waals surface area contributed by atoms with Gasteiger partial charge in [0.05, 0.1) is 5.41 Å². The molecule has 1 aliphatic carbocycles. The van der Waals surface area contributed by atoms with E-state index in [1.54, 1.807) is 0 Å². The fourth-order valence-corrected chi connectivity index (χ4v) is 9.60. The smallest absolute Gasteiger partial charge is 0.159 e. The third-order valence-electron chi connectivity index (χ3n) is 12.2. The molecule has 274 valence electrons. The topological polar surface area (TPSA) is 50.3 Å². The van der Waals surface area contributed by atoms with E-state index in [1.165, 1.54) is 22.3 Å². The van der Waals surface area contributed by atoms with Crippen molar-refractivity contribution < 1.29 is 9.15 Å². The monoisotopic (exact) mass is 745 g/mol. The molecule has 1 spiro atoms. The number of rotatable bonds is 4. The van der Waals surface area contributed by atoms with Gasteiger partial charge in [0.2, 0.25) is 0 Å². The predicted molar refractivity (Wildman–Crippen MR) is 233 cm³/mol. The van der Waals surface area contributed by atoms with Crippen LogP contribution in [0.3, 0.4) is 0 Å². The summed E-state index contributed by atoms with van der Waals surface area (Å²) >= 11 is 0. The van der Waals surface area contributed by atoms with E-state index in [2.05, 4.69) is 176 Å². The van der Waals surface area contributed by atoms with Crippen molar-refractivity contribution in [3.8, 4) is 33.8 Å². The fraction of sp³-hybridized carbons (Fsp3) is 0.0566. The molecule has 0 N–H and O–H groups in total. The first-order valence-electron chi connectivity index (χ1n) is 19.7. The molecule has 5 nitrogen and oxygen atoms in total. The predicted octanol–water partition coefficient (Wildman–Crippen LogP) is 12.6. The Labute approximate surface area is 335 Å². The van der Waals surface area contributed by atoms with Crippen molar-refractivity contribution in [2.75, 3.05) is 7.05 Å². The zero-order valence-electron chi connectivity index (χ0n) is 31.6. The number of hydrogen-bond acceptors (Lipinski definition) is 5. The van der Waals surface area contributed by atoms with Crippen LogP contribution in [-0.2, 0) is 5.41 Å². The summed E-state index contributed by atoms with van der Waals surface area (Å²) < 4.78 is 13.0. The molecule has 1 atom stereocenters. The summed E-state index contributed by atoms with van der Waals surface area (Å²) in [6.07, 6.45) is -0.276. The van der Waals surface area contributed by atoms with Crippen molar-refractivity contribution >= 4 is 33.6 Å². The molecule has 0 saturated carbocycles. The molecule has 2 aliphatic heterocycles. The van der Waals surface area contributed by atoms with Gasteiger partial charge >= 0.3 is 0 Å². The van der Waals surface area contributed by atoms with Crippen molar-refractivity contribution in [1.29, 1.82) is 0 Å². The lowest BCUT2D eigenvalue weighted by molar-refractivity contribution is 0.383. The van der Waals surface area contributed by atoms with Gasteiger partial charge in [0.25, 0.3) is 0 Å². The maximum atomic E-state index is 6.72. The molecule has 0 amide bonds. The molecule has 5 heteroatoms. The lowest BCUT2D eigenvalue weighted by atomic mass is 9.66. The van der Waals surface area contributed by atoms with Crippen LogP contribution in [0.25, 0.3) is 44.2 Å². The standard InChI is InChI=1S/C53H35N3O2/c1-56-51(33-14-3-2-4-15-33)54-50(36-26-28-41-40-20-7-11-24-46(40)57-49(41)32-36)55-52(56)37-17-13-16-34(30-37)35-27-29-48-45(31-35)53(44-23-10-12-25-47(44)58-48)42-21-8-5-18-38(42)39-19-6-9-22-43(39)53/h2-32,51H,1H3. The highest BCUT2D eigenvalue weighted by Gasteiger charge is 2.51. The molecule has 12 rings (SSSR count). The molecule has 3 heterocycles. The van der Waals surface area contributed by atoms with E-state index in [0.717, 1.165) is 78.2 Å². The van der Waals surface area contributed by atoms with Crippen LogP contribution < -0.4 is 4.74 Å². The zero-order valence-corrected chi connectivity index (χ0v) is 31.6. The molecule has 0 fully saturated rings. The minimum atomic E-state index is -0.534. The van der Waals surface area contributed by atoms with Crippen molar-refractivity contribution in [1.82, 2.24) is 4.90 Å². The number of nitrogens with zero attached hydrogens (tertiary/aromatic N) is 3. The summed E-state index contributed by atoms with van der Waals surface area (Å²) in [5, 5.41) is 2.18. The van der Waals surface area contributed by atoms with Gasteiger partial charge < -0.3 is 14.1 Å². The molecule has 1 unspecified atom stereocenters. The van der Waals surface area contributed by atoms with E-state index >= 15 is 0 Å². The number of ether oxygens (including phenoxy) is 1. The number of furan rings is 1. The number of aliphatic imine (C=N–C) groups is 2. The van der Waals surface area contributed by atoms with Gasteiger partial charge in [0.1, 0.15) is 34.7 Å². The average Bonchev–Trinajstić information content (AvgIpc) is 3.80. The third-order valence-corrected chi connectivity index (χ3v) is 12.2. The summed E-state index contributed by atoms with van der Waals surface area (Å²) in [6.45, 7) is 0. The molecule has 58 heavy (non-hydrogen) atoms.